The fourth-order valence-corrected chi connectivity index (χ4v) is 2.68. The number of aromatic nitrogens is 3. The Balaban J connectivity index is 2.43. The monoisotopic (exact) mass is 384 g/mol. The largest absolute Gasteiger partial charge is 0.434 e. The van der Waals surface area contributed by atoms with Crippen molar-refractivity contribution >= 4 is 45.1 Å². The van der Waals surface area contributed by atoms with Gasteiger partial charge in [-0.3, -0.25) is 4.98 Å². The van der Waals surface area contributed by atoms with Gasteiger partial charge in [0.25, 0.3) is 0 Å². The fraction of sp³-hybridized carbons (Fsp3) is 0.100. The first-order valence-corrected chi connectivity index (χ1v) is 6.96. The van der Waals surface area contributed by atoms with Crippen LogP contribution in [0.1, 0.15) is 5.69 Å². The van der Waals surface area contributed by atoms with Crippen molar-refractivity contribution in [1.29, 1.82) is 0 Å². The Morgan fingerprint density at radius 1 is 1.30 bits per heavy atom. The summed E-state index contributed by atoms with van der Waals surface area (Å²) in [5.41, 5.74) is 4.59. The van der Waals surface area contributed by atoms with Gasteiger partial charge in [-0.15, -0.1) is 0 Å². The van der Waals surface area contributed by atoms with E-state index in [2.05, 4.69) is 30.9 Å². The number of hydrogen-bond acceptors (Lipinski definition) is 5. The number of alkyl halides is 3. The molecule has 0 atom stereocenters. The summed E-state index contributed by atoms with van der Waals surface area (Å²) in [7, 11) is 0. The predicted molar refractivity (Wildman–Crippen MR) is 72.5 cm³/mol. The number of nitrogens with zero attached hydrogens (tertiary/aromatic N) is 3. The third-order valence-corrected chi connectivity index (χ3v) is 4.14. The second-order valence-electron chi connectivity index (χ2n) is 3.45. The van der Waals surface area contributed by atoms with Crippen LogP contribution in [0.4, 0.5) is 19.0 Å². The van der Waals surface area contributed by atoms with Crippen LogP contribution in [0.25, 0.3) is 0 Å². The van der Waals surface area contributed by atoms with E-state index >= 15 is 0 Å². The Labute approximate surface area is 129 Å². The van der Waals surface area contributed by atoms with E-state index in [0.29, 0.717) is 0 Å². The number of nitrogens with two attached hydrogens (primary N) is 1. The molecule has 0 saturated carbocycles. The van der Waals surface area contributed by atoms with Crippen molar-refractivity contribution in [3.05, 3.63) is 33.8 Å². The van der Waals surface area contributed by atoms with E-state index < -0.39 is 11.9 Å². The average molecular weight is 386 g/mol. The van der Waals surface area contributed by atoms with Crippen LogP contribution in [-0.4, -0.2) is 15.0 Å². The summed E-state index contributed by atoms with van der Waals surface area (Å²) in [6.07, 6.45) is -3.49. The number of hydrogen-bond donors (Lipinski definition) is 1. The minimum absolute atomic E-state index is 0.0362. The molecular formula is C10H5BrClF3N4S. The second-order valence-corrected chi connectivity index (χ2v) is 5.59. The van der Waals surface area contributed by atoms with Gasteiger partial charge < -0.3 is 5.73 Å². The number of pyridine rings is 1. The molecule has 10 heteroatoms. The highest BCUT2D eigenvalue weighted by Crippen LogP contribution is 2.39. The standard InChI is InChI=1S/C10H5BrClF3N4S/c11-6-7(12)19-8(16)9(18-6)20-4-2-1-3-17-5(4)10(13,14)15/h1-3H,(H2,16,19). The van der Waals surface area contributed by atoms with Crippen molar-refractivity contribution in [1.82, 2.24) is 15.0 Å². The lowest BCUT2D eigenvalue weighted by molar-refractivity contribution is -0.143. The summed E-state index contributed by atoms with van der Waals surface area (Å²) in [5, 5.41) is 0.147. The maximum Gasteiger partial charge on any atom is 0.434 e. The quantitative estimate of drug-likeness (QED) is 0.845. The molecule has 0 spiro atoms. The zero-order valence-corrected chi connectivity index (χ0v) is 12.6. The summed E-state index contributed by atoms with van der Waals surface area (Å²) in [5.74, 6) is -0.0554. The Bertz CT molecular complexity index is 653. The molecule has 0 radical (unpaired) electrons. The van der Waals surface area contributed by atoms with E-state index in [1.165, 1.54) is 12.1 Å². The Morgan fingerprint density at radius 2 is 2.00 bits per heavy atom. The van der Waals surface area contributed by atoms with Crippen LogP contribution < -0.4 is 5.73 Å². The molecule has 0 bridgehead atoms. The van der Waals surface area contributed by atoms with Crippen molar-refractivity contribution in [2.45, 2.75) is 16.1 Å². The zero-order chi connectivity index (χ0) is 14.9. The maximum atomic E-state index is 12.8. The van der Waals surface area contributed by atoms with E-state index in [1.807, 2.05) is 0 Å². The molecule has 2 rings (SSSR count). The van der Waals surface area contributed by atoms with Gasteiger partial charge in [-0.2, -0.15) is 13.2 Å². The molecule has 0 fully saturated rings. The molecule has 0 aliphatic carbocycles. The first-order valence-electron chi connectivity index (χ1n) is 4.97. The summed E-state index contributed by atoms with van der Waals surface area (Å²) < 4.78 is 38.7. The highest BCUT2D eigenvalue weighted by Gasteiger charge is 2.35. The lowest BCUT2D eigenvalue weighted by Crippen LogP contribution is -2.09. The van der Waals surface area contributed by atoms with Crippen molar-refractivity contribution in [2.75, 3.05) is 5.73 Å². The summed E-state index contributed by atoms with van der Waals surface area (Å²) >= 11 is 9.45. The molecule has 106 valence electrons. The van der Waals surface area contributed by atoms with E-state index in [4.69, 9.17) is 17.3 Å². The van der Waals surface area contributed by atoms with Gasteiger partial charge in [0.15, 0.2) is 16.7 Å². The van der Waals surface area contributed by atoms with Crippen molar-refractivity contribution in [2.24, 2.45) is 0 Å². The molecule has 2 N–H and O–H groups in total. The minimum Gasteiger partial charge on any atom is -0.381 e. The molecule has 0 aromatic carbocycles. The molecule has 2 heterocycles. The normalized spacial score (nSPS) is 11.7. The van der Waals surface area contributed by atoms with E-state index in [0.717, 1.165) is 18.0 Å². The molecular weight excluding hydrogens is 381 g/mol. The Hall–Kier alpha value is -1.06. The highest BCUT2D eigenvalue weighted by atomic mass is 79.9. The van der Waals surface area contributed by atoms with Gasteiger partial charge in [0.1, 0.15) is 9.63 Å². The van der Waals surface area contributed by atoms with Crippen molar-refractivity contribution in [3.8, 4) is 0 Å². The maximum absolute atomic E-state index is 12.8. The first kappa shape index (κ1) is 15.3. The van der Waals surface area contributed by atoms with Crippen LogP contribution in [0, 0.1) is 0 Å². The number of nitrogen functional groups attached to an aromatic ring is 1. The first-order chi connectivity index (χ1) is 9.29. The minimum atomic E-state index is -4.56. The molecule has 4 nitrogen and oxygen atoms in total. The molecule has 0 saturated heterocycles. The topological polar surface area (TPSA) is 64.7 Å². The van der Waals surface area contributed by atoms with Crippen LogP contribution in [0.15, 0.2) is 32.9 Å². The van der Waals surface area contributed by atoms with Gasteiger partial charge in [0.2, 0.25) is 0 Å². The summed E-state index contributed by atoms with van der Waals surface area (Å²) in [6, 6.07) is 2.68. The van der Waals surface area contributed by atoms with Gasteiger partial charge in [-0.05, 0) is 28.1 Å². The number of halogens is 5. The molecule has 0 aliphatic heterocycles. The molecule has 2 aromatic heterocycles. The smallest absolute Gasteiger partial charge is 0.381 e. The fourth-order valence-electron chi connectivity index (χ4n) is 1.26. The summed E-state index contributed by atoms with van der Waals surface area (Å²) in [4.78, 5) is 11.0. The van der Waals surface area contributed by atoms with Crippen LogP contribution in [0.2, 0.25) is 5.15 Å². The van der Waals surface area contributed by atoms with Gasteiger partial charge in [-0.1, -0.05) is 23.4 Å². The molecule has 2 aromatic rings. The van der Waals surface area contributed by atoms with Gasteiger partial charge in [-0.25, -0.2) is 9.97 Å². The lowest BCUT2D eigenvalue weighted by Gasteiger charge is -2.11. The van der Waals surface area contributed by atoms with Crippen LogP contribution in [0.3, 0.4) is 0 Å². The SMILES string of the molecule is Nc1nc(Cl)c(Br)nc1Sc1cccnc1C(F)(F)F. The van der Waals surface area contributed by atoms with Crippen LogP contribution in [-0.2, 0) is 6.18 Å². The molecule has 0 unspecified atom stereocenters. The van der Waals surface area contributed by atoms with Gasteiger partial charge >= 0.3 is 6.18 Å². The number of rotatable bonds is 2. The Kier molecular flexibility index (Phi) is 4.40. The molecule has 0 amide bonds. The van der Waals surface area contributed by atoms with Gasteiger partial charge in [0, 0.05) is 11.1 Å². The zero-order valence-electron chi connectivity index (χ0n) is 9.45. The van der Waals surface area contributed by atoms with E-state index in [9.17, 15) is 13.2 Å². The Morgan fingerprint density at radius 3 is 2.65 bits per heavy atom. The van der Waals surface area contributed by atoms with Crippen molar-refractivity contribution in [3.63, 3.8) is 0 Å². The molecule has 20 heavy (non-hydrogen) atoms. The van der Waals surface area contributed by atoms with E-state index in [-0.39, 0.29) is 25.5 Å². The lowest BCUT2D eigenvalue weighted by atomic mass is 10.3. The highest BCUT2D eigenvalue weighted by molar-refractivity contribution is 9.10. The summed E-state index contributed by atoms with van der Waals surface area (Å²) in [6.45, 7) is 0. The second kappa shape index (κ2) is 5.74. The predicted octanol–water partition coefficient (Wildman–Crippen LogP) is 4.04. The third kappa shape index (κ3) is 3.33. The molecule has 0 aliphatic rings. The van der Waals surface area contributed by atoms with Crippen LogP contribution in [0.5, 0.6) is 0 Å². The van der Waals surface area contributed by atoms with Gasteiger partial charge in [0.05, 0.1) is 0 Å². The number of anilines is 1. The van der Waals surface area contributed by atoms with E-state index in [1.54, 1.807) is 0 Å². The van der Waals surface area contributed by atoms with Crippen LogP contribution >= 0.6 is 39.3 Å². The van der Waals surface area contributed by atoms with Crippen molar-refractivity contribution < 1.29 is 13.2 Å². The third-order valence-electron chi connectivity index (χ3n) is 2.05. The average Bonchev–Trinajstić information content (AvgIpc) is 2.35.